The highest BCUT2D eigenvalue weighted by Crippen LogP contribution is 2.35. The summed E-state index contributed by atoms with van der Waals surface area (Å²) in [7, 11) is 1.89. The highest BCUT2D eigenvalue weighted by molar-refractivity contribution is 7.21. The van der Waals surface area contributed by atoms with Gasteiger partial charge in [-0.05, 0) is 36.2 Å². The number of anilines is 2. The first kappa shape index (κ1) is 21.5. The molecule has 7 nitrogen and oxygen atoms in total. The summed E-state index contributed by atoms with van der Waals surface area (Å²) in [6, 6.07) is 16.9. The molecule has 0 unspecified atom stereocenters. The summed E-state index contributed by atoms with van der Waals surface area (Å²) >= 11 is 1.61. The lowest BCUT2D eigenvalue weighted by Gasteiger charge is -2.18. The van der Waals surface area contributed by atoms with Crippen LogP contribution in [0.4, 0.5) is 11.5 Å². The SMILES string of the molecule is Cc1ccc(C(=O)O)cc1NC(=O)CCN(C)c1ncnc2sc(-c3ccccc3)cc12. The van der Waals surface area contributed by atoms with E-state index >= 15 is 0 Å². The summed E-state index contributed by atoms with van der Waals surface area (Å²) in [6.07, 6.45) is 1.77. The second kappa shape index (κ2) is 9.15. The number of aromatic carboxylic acids is 1. The average molecular weight is 447 g/mol. The molecule has 0 fully saturated rings. The lowest BCUT2D eigenvalue weighted by Crippen LogP contribution is -2.25. The van der Waals surface area contributed by atoms with Crippen LogP contribution in [0.3, 0.4) is 0 Å². The maximum atomic E-state index is 12.5. The Kier molecular flexibility index (Phi) is 6.13. The van der Waals surface area contributed by atoms with E-state index in [2.05, 4.69) is 33.5 Å². The number of nitrogens with zero attached hydrogens (tertiary/aromatic N) is 3. The van der Waals surface area contributed by atoms with E-state index in [9.17, 15) is 9.59 Å². The van der Waals surface area contributed by atoms with Gasteiger partial charge in [0.25, 0.3) is 0 Å². The third-order valence-electron chi connectivity index (χ3n) is 5.16. The van der Waals surface area contributed by atoms with Gasteiger partial charge in [-0.25, -0.2) is 14.8 Å². The van der Waals surface area contributed by atoms with Crippen LogP contribution in [-0.4, -0.2) is 40.5 Å². The molecule has 1 amide bonds. The average Bonchev–Trinajstić information content (AvgIpc) is 3.24. The first-order chi connectivity index (χ1) is 15.4. The van der Waals surface area contributed by atoms with E-state index in [-0.39, 0.29) is 17.9 Å². The van der Waals surface area contributed by atoms with Crippen LogP contribution in [-0.2, 0) is 4.79 Å². The largest absolute Gasteiger partial charge is 0.478 e. The molecule has 2 N–H and O–H groups in total. The van der Waals surface area contributed by atoms with Crippen molar-refractivity contribution in [2.24, 2.45) is 0 Å². The van der Waals surface area contributed by atoms with Crippen molar-refractivity contribution in [1.29, 1.82) is 0 Å². The van der Waals surface area contributed by atoms with Crippen molar-refractivity contribution in [2.45, 2.75) is 13.3 Å². The maximum absolute atomic E-state index is 12.5. The molecule has 0 saturated heterocycles. The van der Waals surface area contributed by atoms with Crippen LogP contribution in [0.5, 0.6) is 0 Å². The zero-order valence-corrected chi connectivity index (χ0v) is 18.5. The fourth-order valence-electron chi connectivity index (χ4n) is 3.37. The molecule has 0 aliphatic carbocycles. The zero-order chi connectivity index (χ0) is 22.7. The smallest absolute Gasteiger partial charge is 0.335 e. The number of carbonyl (C=O) groups excluding carboxylic acids is 1. The topological polar surface area (TPSA) is 95.4 Å². The molecule has 0 radical (unpaired) electrons. The monoisotopic (exact) mass is 446 g/mol. The van der Waals surface area contributed by atoms with Gasteiger partial charge in [0.15, 0.2) is 0 Å². The molecule has 0 atom stereocenters. The standard InChI is InChI=1S/C24H22N4O3S/c1-15-8-9-17(24(30)31)12-19(15)27-21(29)10-11-28(2)22-18-13-20(16-6-4-3-5-7-16)32-23(18)26-14-25-22/h3-9,12-14H,10-11H2,1-2H3,(H,27,29)(H,30,31). The fourth-order valence-corrected chi connectivity index (χ4v) is 4.37. The van der Waals surface area contributed by atoms with Gasteiger partial charge in [-0.2, -0.15) is 0 Å². The van der Waals surface area contributed by atoms with Crippen molar-refractivity contribution in [1.82, 2.24) is 9.97 Å². The Balaban J connectivity index is 1.47. The van der Waals surface area contributed by atoms with Gasteiger partial charge in [0.05, 0.1) is 10.9 Å². The predicted octanol–water partition coefficient (Wildman–Crippen LogP) is 4.83. The molecule has 4 rings (SSSR count). The van der Waals surface area contributed by atoms with Gasteiger partial charge in [0, 0.05) is 30.6 Å². The molecule has 2 heterocycles. The summed E-state index contributed by atoms with van der Waals surface area (Å²) in [5.41, 5.74) is 2.58. The van der Waals surface area contributed by atoms with Gasteiger partial charge < -0.3 is 15.3 Å². The first-order valence-corrected chi connectivity index (χ1v) is 10.9. The number of fused-ring (bicyclic) bond motifs is 1. The van der Waals surface area contributed by atoms with Crippen molar-refractivity contribution in [2.75, 3.05) is 23.8 Å². The van der Waals surface area contributed by atoms with E-state index in [1.165, 1.54) is 12.1 Å². The normalized spacial score (nSPS) is 10.8. The third-order valence-corrected chi connectivity index (χ3v) is 6.25. The Morgan fingerprint density at radius 3 is 2.62 bits per heavy atom. The van der Waals surface area contributed by atoms with Crippen LogP contribution < -0.4 is 10.2 Å². The predicted molar refractivity (Wildman–Crippen MR) is 128 cm³/mol. The van der Waals surface area contributed by atoms with Crippen molar-refractivity contribution in [3.63, 3.8) is 0 Å². The minimum absolute atomic E-state index is 0.137. The summed E-state index contributed by atoms with van der Waals surface area (Å²) < 4.78 is 0. The quantitative estimate of drug-likeness (QED) is 0.422. The molecule has 2 aromatic carbocycles. The third kappa shape index (κ3) is 4.60. The number of aryl methyl sites for hydroxylation is 1. The van der Waals surface area contributed by atoms with Crippen LogP contribution >= 0.6 is 11.3 Å². The number of hydrogen-bond donors (Lipinski definition) is 2. The van der Waals surface area contributed by atoms with Crippen molar-refractivity contribution < 1.29 is 14.7 Å². The van der Waals surface area contributed by atoms with Gasteiger partial charge in [0.2, 0.25) is 5.91 Å². The van der Waals surface area contributed by atoms with E-state index in [1.54, 1.807) is 23.7 Å². The lowest BCUT2D eigenvalue weighted by atomic mass is 10.1. The number of aromatic nitrogens is 2. The summed E-state index contributed by atoms with van der Waals surface area (Å²) in [4.78, 5) is 36.5. The number of thiophene rings is 1. The Labute approximate surface area is 189 Å². The number of carboxylic acids is 1. The number of benzene rings is 2. The van der Waals surface area contributed by atoms with Crippen LogP contribution in [0, 0.1) is 6.92 Å². The van der Waals surface area contributed by atoms with Crippen LogP contribution in [0.1, 0.15) is 22.3 Å². The van der Waals surface area contributed by atoms with E-state index < -0.39 is 5.97 Å². The van der Waals surface area contributed by atoms with Gasteiger partial charge in [-0.1, -0.05) is 36.4 Å². The first-order valence-electron chi connectivity index (χ1n) is 10.1. The van der Waals surface area contributed by atoms with Gasteiger partial charge in [-0.15, -0.1) is 11.3 Å². The summed E-state index contributed by atoms with van der Waals surface area (Å²) in [6.45, 7) is 2.28. The van der Waals surface area contributed by atoms with Gasteiger partial charge in [-0.3, -0.25) is 4.79 Å². The molecule has 4 aromatic rings. The number of amides is 1. The molecule has 0 spiro atoms. The summed E-state index contributed by atoms with van der Waals surface area (Å²) in [5.74, 6) is -0.452. The Morgan fingerprint density at radius 2 is 1.88 bits per heavy atom. The second-order valence-corrected chi connectivity index (χ2v) is 8.48. The summed E-state index contributed by atoms with van der Waals surface area (Å²) in [5, 5.41) is 12.9. The Bertz CT molecular complexity index is 1290. The number of hydrogen-bond acceptors (Lipinski definition) is 6. The highest BCUT2D eigenvalue weighted by Gasteiger charge is 2.15. The molecule has 0 aliphatic rings. The number of carboxylic acid groups (broad SMARTS) is 1. The molecule has 2 aromatic heterocycles. The van der Waals surface area contributed by atoms with Crippen molar-refractivity contribution in [3.8, 4) is 10.4 Å². The van der Waals surface area contributed by atoms with Crippen molar-refractivity contribution >= 4 is 44.9 Å². The molecular weight excluding hydrogens is 424 g/mol. The molecule has 8 heteroatoms. The Hall–Kier alpha value is -3.78. The molecular formula is C24H22N4O3S. The van der Waals surface area contributed by atoms with Gasteiger partial charge in [0.1, 0.15) is 17.0 Å². The molecule has 0 saturated carbocycles. The molecule has 0 bridgehead atoms. The number of carbonyl (C=O) groups is 2. The van der Waals surface area contributed by atoms with E-state index in [0.29, 0.717) is 12.2 Å². The lowest BCUT2D eigenvalue weighted by molar-refractivity contribution is -0.116. The van der Waals surface area contributed by atoms with E-state index in [0.717, 1.165) is 32.0 Å². The van der Waals surface area contributed by atoms with Crippen LogP contribution in [0.15, 0.2) is 60.9 Å². The molecule has 162 valence electrons. The van der Waals surface area contributed by atoms with E-state index in [4.69, 9.17) is 5.11 Å². The minimum Gasteiger partial charge on any atom is -0.478 e. The number of rotatable bonds is 7. The van der Waals surface area contributed by atoms with Crippen LogP contribution in [0.2, 0.25) is 0 Å². The second-order valence-electron chi connectivity index (χ2n) is 7.45. The highest BCUT2D eigenvalue weighted by atomic mass is 32.1. The number of nitrogens with one attached hydrogen (secondary N) is 1. The van der Waals surface area contributed by atoms with Gasteiger partial charge >= 0.3 is 5.97 Å². The molecule has 0 aliphatic heterocycles. The molecule has 32 heavy (non-hydrogen) atoms. The maximum Gasteiger partial charge on any atom is 0.335 e. The zero-order valence-electron chi connectivity index (χ0n) is 17.7. The van der Waals surface area contributed by atoms with Crippen molar-refractivity contribution in [3.05, 3.63) is 72.1 Å². The minimum atomic E-state index is -1.03. The van der Waals surface area contributed by atoms with Crippen LogP contribution in [0.25, 0.3) is 20.7 Å². The Morgan fingerprint density at radius 1 is 1.09 bits per heavy atom. The fraction of sp³-hybridized carbons (Fsp3) is 0.167. The van der Waals surface area contributed by atoms with E-state index in [1.807, 2.05) is 37.1 Å².